The Labute approximate surface area is 126 Å². The van der Waals surface area contributed by atoms with Crippen molar-refractivity contribution in [1.82, 2.24) is 10.6 Å². The van der Waals surface area contributed by atoms with Crippen molar-refractivity contribution in [2.24, 2.45) is 4.99 Å². The molecular formula is C16H23FN4. The first-order chi connectivity index (χ1) is 10.2. The molecule has 1 rings (SSSR count). The summed E-state index contributed by atoms with van der Waals surface area (Å²) in [7, 11) is 0. The second-order valence-electron chi connectivity index (χ2n) is 4.75. The van der Waals surface area contributed by atoms with E-state index in [0.29, 0.717) is 17.1 Å². The van der Waals surface area contributed by atoms with Gasteiger partial charge in [0, 0.05) is 18.7 Å². The summed E-state index contributed by atoms with van der Waals surface area (Å²) in [5, 5.41) is 15.2. The van der Waals surface area contributed by atoms with Gasteiger partial charge >= 0.3 is 0 Å². The number of nitriles is 1. The lowest BCUT2D eigenvalue weighted by atomic mass is 10.1. The lowest BCUT2D eigenvalue weighted by molar-refractivity contribution is 0.609. The lowest BCUT2D eigenvalue weighted by Crippen LogP contribution is -2.37. The zero-order chi connectivity index (χ0) is 15.5. The molecule has 0 amide bonds. The van der Waals surface area contributed by atoms with Crippen LogP contribution in [0.1, 0.15) is 44.2 Å². The van der Waals surface area contributed by atoms with E-state index in [9.17, 15) is 4.39 Å². The Balaban J connectivity index is 2.66. The van der Waals surface area contributed by atoms with Gasteiger partial charge in [-0.25, -0.2) is 9.38 Å². The van der Waals surface area contributed by atoms with Gasteiger partial charge in [-0.1, -0.05) is 19.8 Å². The summed E-state index contributed by atoms with van der Waals surface area (Å²) in [5.74, 6) is 0.343. The van der Waals surface area contributed by atoms with Crippen molar-refractivity contribution in [3.63, 3.8) is 0 Å². The third-order valence-corrected chi connectivity index (χ3v) is 3.00. The molecule has 1 aromatic carbocycles. The maximum absolute atomic E-state index is 13.7. The van der Waals surface area contributed by atoms with Crippen LogP contribution >= 0.6 is 0 Å². The molecule has 0 aliphatic heterocycles. The minimum absolute atomic E-state index is 0.213. The average molecular weight is 290 g/mol. The van der Waals surface area contributed by atoms with Crippen LogP contribution in [-0.2, 0) is 6.54 Å². The van der Waals surface area contributed by atoms with Gasteiger partial charge in [0.05, 0.1) is 18.2 Å². The Morgan fingerprint density at radius 1 is 1.29 bits per heavy atom. The number of nitrogens with one attached hydrogen (secondary N) is 2. The summed E-state index contributed by atoms with van der Waals surface area (Å²) in [4.78, 5) is 4.36. The van der Waals surface area contributed by atoms with Crippen molar-refractivity contribution in [2.75, 3.05) is 13.1 Å². The van der Waals surface area contributed by atoms with E-state index in [1.807, 2.05) is 13.0 Å². The third kappa shape index (κ3) is 6.26. The summed E-state index contributed by atoms with van der Waals surface area (Å²) in [6.07, 6.45) is 3.42. The van der Waals surface area contributed by atoms with Gasteiger partial charge in [-0.2, -0.15) is 5.26 Å². The van der Waals surface area contributed by atoms with E-state index in [-0.39, 0.29) is 12.4 Å². The van der Waals surface area contributed by atoms with Crippen molar-refractivity contribution in [3.05, 3.63) is 35.1 Å². The number of hydrogen-bond donors (Lipinski definition) is 2. The van der Waals surface area contributed by atoms with Crippen LogP contribution in [0.15, 0.2) is 23.2 Å². The van der Waals surface area contributed by atoms with E-state index >= 15 is 0 Å². The number of halogens is 1. The fourth-order valence-electron chi connectivity index (χ4n) is 1.85. The van der Waals surface area contributed by atoms with Gasteiger partial charge in [0.1, 0.15) is 5.82 Å². The molecule has 0 aliphatic carbocycles. The normalized spacial score (nSPS) is 11.0. The first-order valence-corrected chi connectivity index (χ1v) is 7.42. The molecule has 0 fully saturated rings. The van der Waals surface area contributed by atoms with Crippen molar-refractivity contribution in [1.29, 1.82) is 5.26 Å². The highest BCUT2D eigenvalue weighted by molar-refractivity contribution is 5.79. The van der Waals surface area contributed by atoms with E-state index in [2.05, 4.69) is 22.5 Å². The van der Waals surface area contributed by atoms with Crippen LogP contribution in [0.4, 0.5) is 4.39 Å². The molecule has 0 saturated heterocycles. The Hall–Kier alpha value is -2.09. The fraction of sp³-hybridized carbons (Fsp3) is 0.500. The predicted molar refractivity (Wildman–Crippen MR) is 83.5 cm³/mol. The van der Waals surface area contributed by atoms with Crippen molar-refractivity contribution < 1.29 is 4.39 Å². The molecule has 1 aromatic rings. The number of guanidine groups is 1. The number of aliphatic imine (C=N–C) groups is 1. The van der Waals surface area contributed by atoms with Crippen LogP contribution in [0, 0.1) is 17.1 Å². The molecule has 0 bridgehead atoms. The Morgan fingerprint density at radius 2 is 2.10 bits per heavy atom. The fourth-order valence-corrected chi connectivity index (χ4v) is 1.85. The summed E-state index contributed by atoms with van der Waals surface area (Å²) in [6.45, 7) is 5.95. The molecule has 0 radical (unpaired) electrons. The topological polar surface area (TPSA) is 60.2 Å². The summed E-state index contributed by atoms with van der Waals surface area (Å²) < 4.78 is 13.7. The highest BCUT2D eigenvalue weighted by Gasteiger charge is 2.04. The number of hydrogen-bond acceptors (Lipinski definition) is 2. The summed E-state index contributed by atoms with van der Waals surface area (Å²) in [5.41, 5.74) is 0.877. The molecule has 114 valence electrons. The molecule has 2 N–H and O–H groups in total. The summed E-state index contributed by atoms with van der Waals surface area (Å²) in [6, 6.07) is 6.33. The zero-order valence-corrected chi connectivity index (χ0v) is 12.7. The van der Waals surface area contributed by atoms with E-state index in [0.717, 1.165) is 19.5 Å². The highest BCUT2D eigenvalue weighted by atomic mass is 19.1. The van der Waals surface area contributed by atoms with Crippen LogP contribution < -0.4 is 10.6 Å². The van der Waals surface area contributed by atoms with Gasteiger partial charge in [-0.15, -0.1) is 0 Å². The smallest absolute Gasteiger partial charge is 0.191 e. The van der Waals surface area contributed by atoms with Crippen LogP contribution in [0.3, 0.4) is 0 Å². The van der Waals surface area contributed by atoms with Gasteiger partial charge < -0.3 is 10.6 Å². The molecule has 21 heavy (non-hydrogen) atoms. The van der Waals surface area contributed by atoms with Gasteiger partial charge in [-0.05, 0) is 31.5 Å². The van der Waals surface area contributed by atoms with Crippen molar-refractivity contribution in [2.45, 2.75) is 39.7 Å². The van der Waals surface area contributed by atoms with E-state index < -0.39 is 0 Å². The van der Waals surface area contributed by atoms with Crippen LogP contribution in [0.5, 0.6) is 0 Å². The maximum atomic E-state index is 13.7. The molecule has 0 unspecified atom stereocenters. The molecule has 4 nitrogen and oxygen atoms in total. The van der Waals surface area contributed by atoms with Gasteiger partial charge in [0.2, 0.25) is 0 Å². The Morgan fingerprint density at radius 3 is 2.76 bits per heavy atom. The standard InChI is InChI=1S/C16H23FN4/c1-3-5-6-9-20-16(19-4-2)21-12-14-10-13(11-18)7-8-15(14)17/h7-8,10H,3-6,9,12H2,1-2H3,(H2,19,20,21). The number of nitrogens with zero attached hydrogens (tertiary/aromatic N) is 2. The SMILES string of the molecule is CCCCCNC(=NCc1cc(C#N)ccc1F)NCC. The first-order valence-electron chi connectivity index (χ1n) is 7.42. The number of rotatable bonds is 7. The molecular weight excluding hydrogens is 267 g/mol. The van der Waals surface area contributed by atoms with Gasteiger partial charge in [0.15, 0.2) is 5.96 Å². The zero-order valence-electron chi connectivity index (χ0n) is 12.7. The highest BCUT2D eigenvalue weighted by Crippen LogP contribution is 2.11. The Kier molecular flexibility index (Phi) is 7.88. The van der Waals surface area contributed by atoms with Crippen molar-refractivity contribution in [3.8, 4) is 6.07 Å². The minimum atomic E-state index is -0.334. The van der Waals surface area contributed by atoms with Crippen LogP contribution in [-0.4, -0.2) is 19.0 Å². The van der Waals surface area contributed by atoms with Gasteiger partial charge in [-0.3, -0.25) is 0 Å². The Bertz CT molecular complexity index is 505. The quantitative estimate of drug-likeness (QED) is 0.461. The van der Waals surface area contributed by atoms with Crippen LogP contribution in [0.25, 0.3) is 0 Å². The molecule has 0 saturated carbocycles. The molecule has 0 aliphatic rings. The average Bonchev–Trinajstić information content (AvgIpc) is 2.50. The van der Waals surface area contributed by atoms with Crippen molar-refractivity contribution >= 4 is 5.96 Å². The van der Waals surface area contributed by atoms with E-state index in [4.69, 9.17) is 5.26 Å². The number of benzene rings is 1. The van der Waals surface area contributed by atoms with Crippen LogP contribution in [0.2, 0.25) is 0 Å². The molecule has 0 heterocycles. The van der Waals surface area contributed by atoms with E-state index in [1.54, 1.807) is 6.07 Å². The second kappa shape index (κ2) is 9.76. The second-order valence-corrected chi connectivity index (χ2v) is 4.75. The third-order valence-electron chi connectivity index (χ3n) is 3.00. The van der Waals surface area contributed by atoms with Gasteiger partial charge in [0.25, 0.3) is 0 Å². The molecule has 0 atom stereocenters. The lowest BCUT2D eigenvalue weighted by Gasteiger charge is -2.11. The summed E-state index contributed by atoms with van der Waals surface area (Å²) >= 11 is 0. The predicted octanol–water partition coefficient (Wildman–Crippen LogP) is 2.94. The maximum Gasteiger partial charge on any atom is 0.191 e. The monoisotopic (exact) mass is 290 g/mol. The van der Waals surface area contributed by atoms with E-state index in [1.165, 1.54) is 25.0 Å². The molecule has 0 aromatic heterocycles. The largest absolute Gasteiger partial charge is 0.357 e. The first kappa shape index (κ1) is 17.0. The minimum Gasteiger partial charge on any atom is -0.357 e. The molecule has 5 heteroatoms. The number of unbranched alkanes of at least 4 members (excludes halogenated alkanes) is 2. The molecule has 0 spiro atoms.